The zero-order chi connectivity index (χ0) is 23.3. The lowest BCUT2D eigenvalue weighted by atomic mass is 10.1. The van der Waals surface area contributed by atoms with Gasteiger partial charge in [0.1, 0.15) is 18.5 Å². The highest BCUT2D eigenvalue weighted by atomic mass is 35.5. The summed E-state index contributed by atoms with van der Waals surface area (Å²) >= 11 is 12.2. The molecule has 2 aromatic carbocycles. The summed E-state index contributed by atoms with van der Waals surface area (Å²) in [5.74, 6) is -0.188. The highest BCUT2D eigenvalue weighted by molar-refractivity contribution is 6.42. The van der Waals surface area contributed by atoms with Crippen LogP contribution in [0.1, 0.15) is 24.5 Å². The number of rotatable bonds is 4. The number of benzene rings is 2. The molecule has 0 saturated carbocycles. The number of urea groups is 1. The van der Waals surface area contributed by atoms with E-state index in [1.165, 1.54) is 10.5 Å². The summed E-state index contributed by atoms with van der Waals surface area (Å²) in [4.78, 5) is 34.2. The van der Waals surface area contributed by atoms with Crippen LogP contribution in [0.25, 0.3) is 0 Å². The number of hydrogen-bond donors (Lipinski definition) is 1. The van der Waals surface area contributed by atoms with E-state index in [4.69, 9.17) is 23.2 Å². The van der Waals surface area contributed by atoms with Crippen molar-refractivity contribution in [1.82, 2.24) is 20.0 Å². The van der Waals surface area contributed by atoms with E-state index in [0.717, 1.165) is 37.2 Å². The fourth-order valence-electron chi connectivity index (χ4n) is 5.07. The van der Waals surface area contributed by atoms with E-state index in [0.29, 0.717) is 10.0 Å². The molecule has 3 amide bonds. The molecule has 7 nitrogen and oxygen atoms in total. The maximum atomic E-state index is 13.6. The number of halogens is 2. The first kappa shape index (κ1) is 22.5. The van der Waals surface area contributed by atoms with Gasteiger partial charge in [-0.2, -0.15) is 0 Å². The van der Waals surface area contributed by atoms with E-state index < -0.39 is 6.04 Å². The fourth-order valence-corrected chi connectivity index (χ4v) is 5.39. The number of hydrogen-bond acceptors (Lipinski definition) is 5. The molecule has 3 heterocycles. The van der Waals surface area contributed by atoms with Crippen molar-refractivity contribution in [3.8, 4) is 0 Å². The number of amides is 3. The van der Waals surface area contributed by atoms with Crippen molar-refractivity contribution in [1.29, 1.82) is 0 Å². The van der Waals surface area contributed by atoms with Gasteiger partial charge in [-0.15, -0.1) is 0 Å². The van der Waals surface area contributed by atoms with Crippen LogP contribution in [0.3, 0.4) is 0 Å². The van der Waals surface area contributed by atoms with E-state index in [1.807, 2.05) is 0 Å². The average Bonchev–Trinajstić information content (AvgIpc) is 3.23. The smallest absolute Gasteiger partial charge is 0.328 e. The average molecular weight is 488 g/mol. The van der Waals surface area contributed by atoms with E-state index in [2.05, 4.69) is 46.3 Å². The molecule has 0 spiro atoms. The Morgan fingerprint density at radius 3 is 2.42 bits per heavy atom. The van der Waals surface area contributed by atoms with Crippen molar-refractivity contribution in [3.63, 3.8) is 0 Å². The Morgan fingerprint density at radius 1 is 1.00 bits per heavy atom. The highest BCUT2D eigenvalue weighted by Gasteiger charge is 2.56. The summed E-state index contributed by atoms with van der Waals surface area (Å²) < 4.78 is 0. The molecule has 33 heavy (non-hydrogen) atoms. The minimum absolute atomic E-state index is 0.148. The normalized spacial score (nSPS) is 25.5. The van der Waals surface area contributed by atoms with Crippen molar-refractivity contribution >= 4 is 40.8 Å². The van der Waals surface area contributed by atoms with Crippen molar-refractivity contribution in [2.75, 3.05) is 25.0 Å². The predicted molar refractivity (Wildman–Crippen MR) is 129 cm³/mol. The molecule has 3 atom stereocenters. The number of likely N-dealkylation sites (N-methyl/N-ethyl adjacent to an activating group) is 1. The largest absolute Gasteiger partial charge is 0.343 e. The zero-order valence-corrected chi connectivity index (χ0v) is 20.2. The first-order valence-corrected chi connectivity index (χ1v) is 12.0. The van der Waals surface area contributed by atoms with Gasteiger partial charge in [-0.05, 0) is 48.2 Å². The molecule has 5 rings (SSSR count). The Hall–Kier alpha value is -2.32. The Labute approximate surface area is 203 Å². The Bertz CT molecular complexity index is 1080. The van der Waals surface area contributed by atoms with Gasteiger partial charge >= 0.3 is 6.03 Å². The second-order valence-electron chi connectivity index (χ2n) is 8.80. The Kier molecular flexibility index (Phi) is 5.99. The van der Waals surface area contributed by atoms with Gasteiger partial charge in [-0.3, -0.25) is 19.9 Å². The first-order chi connectivity index (χ1) is 15.9. The molecule has 0 radical (unpaired) electrons. The van der Waals surface area contributed by atoms with Gasteiger partial charge in [0, 0.05) is 25.8 Å². The molecule has 3 saturated heterocycles. The molecule has 3 aliphatic heterocycles. The van der Waals surface area contributed by atoms with Gasteiger partial charge in [0.05, 0.1) is 16.6 Å². The van der Waals surface area contributed by atoms with Crippen LogP contribution in [0.4, 0.5) is 10.5 Å². The summed E-state index contributed by atoms with van der Waals surface area (Å²) in [7, 11) is 1.75. The highest BCUT2D eigenvalue weighted by Crippen LogP contribution is 2.34. The van der Waals surface area contributed by atoms with Gasteiger partial charge in [0.2, 0.25) is 0 Å². The number of nitrogens with zero attached hydrogens (tertiary/aromatic N) is 4. The summed E-state index contributed by atoms with van der Waals surface area (Å²) in [6.07, 6.45) is 1.41. The summed E-state index contributed by atoms with van der Waals surface area (Å²) in [6.45, 7) is 3.97. The minimum atomic E-state index is -0.446. The van der Waals surface area contributed by atoms with Gasteiger partial charge < -0.3 is 9.80 Å². The van der Waals surface area contributed by atoms with Crippen LogP contribution < -0.4 is 10.2 Å². The topological polar surface area (TPSA) is 59.1 Å². The predicted octanol–water partition coefficient (Wildman–Crippen LogP) is 3.74. The monoisotopic (exact) mass is 487 g/mol. The zero-order valence-electron chi connectivity index (χ0n) is 18.7. The van der Waals surface area contributed by atoms with E-state index in [9.17, 15) is 9.59 Å². The lowest BCUT2D eigenvalue weighted by Gasteiger charge is -2.44. The third-order valence-electron chi connectivity index (χ3n) is 6.87. The van der Waals surface area contributed by atoms with Crippen LogP contribution in [-0.4, -0.2) is 65.3 Å². The van der Waals surface area contributed by atoms with Crippen molar-refractivity contribution in [2.45, 2.75) is 44.8 Å². The number of imide groups is 1. The molecule has 3 aliphatic rings. The van der Waals surface area contributed by atoms with E-state index in [-0.39, 0.29) is 30.9 Å². The molecule has 3 fully saturated rings. The number of anilines is 1. The molecule has 0 aromatic heterocycles. The molecule has 1 N–H and O–H groups in total. The van der Waals surface area contributed by atoms with Crippen LogP contribution in [0.2, 0.25) is 10.0 Å². The third kappa shape index (κ3) is 3.87. The molecule has 9 heteroatoms. The summed E-state index contributed by atoms with van der Waals surface area (Å²) in [5, 5.41) is 4.40. The van der Waals surface area contributed by atoms with Crippen molar-refractivity contribution < 1.29 is 9.59 Å². The first-order valence-electron chi connectivity index (χ1n) is 11.3. The molecule has 0 bridgehead atoms. The molecule has 174 valence electrons. The summed E-state index contributed by atoms with van der Waals surface area (Å²) in [5.41, 5.74) is 3.16. The molecular formula is C24H27Cl2N5O2. The van der Waals surface area contributed by atoms with Crippen LogP contribution in [0, 0.1) is 0 Å². The number of fused-ring (bicyclic) bond motifs is 3. The molecule has 0 aliphatic carbocycles. The fraction of sp³-hybridized carbons (Fsp3) is 0.417. The van der Waals surface area contributed by atoms with Gasteiger partial charge in [0.15, 0.2) is 0 Å². The number of nitrogens with one attached hydrogen (secondary N) is 1. The lowest BCUT2D eigenvalue weighted by Crippen LogP contribution is -2.66. The van der Waals surface area contributed by atoms with Gasteiger partial charge in [-0.1, -0.05) is 48.3 Å². The minimum Gasteiger partial charge on any atom is -0.343 e. The lowest BCUT2D eigenvalue weighted by molar-refractivity contribution is -0.139. The van der Waals surface area contributed by atoms with E-state index in [1.54, 1.807) is 30.1 Å². The maximum absolute atomic E-state index is 13.6. The number of aryl methyl sites for hydroxylation is 1. The van der Waals surface area contributed by atoms with E-state index >= 15 is 0 Å². The summed E-state index contributed by atoms with van der Waals surface area (Å²) in [6, 6.07) is 13.0. The molecular weight excluding hydrogens is 461 g/mol. The number of carbonyl (C=O) groups is 2. The Morgan fingerprint density at radius 2 is 1.73 bits per heavy atom. The van der Waals surface area contributed by atoms with Gasteiger partial charge in [0.25, 0.3) is 5.91 Å². The maximum Gasteiger partial charge on any atom is 0.328 e. The second kappa shape index (κ2) is 8.80. The van der Waals surface area contributed by atoms with Crippen LogP contribution in [0.5, 0.6) is 0 Å². The third-order valence-corrected chi connectivity index (χ3v) is 7.61. The van der Waals surface area contributed by atoms with Gasteiger partial charge in [-0.25, -0.2) is 4.79 Å². The van der Waals surface area contributed by atoms with Crippen molar-refractivity contribution in [2.24, 2.45) is 0 Å². The van der Waals surface area contributed by atoms with Crippen LogP contribution in [0.15, 0.2) is 42.5 Å². The standard InChI is InChI=1S/C24H27Cl2N5O2/c1-3-15-5-8-17(9-6-15)29-11-4-12-30-20-21(27-23(29)30)28(2)24(33)31(22(20)32)14-16-7-10-18(25)19(26)13-16/h5-10,13,20-21,23,27H,3-4,11-12,14H2,1-2H3. The molecule has 3 unspecified atom stereocenters. The molecule has 2 aromatic rings. The van der Waals surface area contributed by atoms with Crippen LogP contribution >= 0.6 is 23.2 Å². The van der Waals surface area contributed by atoms with Crippen molar-refractivity contribution in [3.05, 3.63) is 63.6 Å². The Balaban J connectivity index is 1.41. The second-order valence-corrected chi connectivity index (χ2v) is 9.62. The van der Waals surface area contributed by atoms with Crippen LogP contribution in [-0.2, 0) is 17.8 Å². The number of carbonyl (C=O) groups excluding carboxylic acids is 2. The quantitative estimate of drug-likeness (QED) is 0.711. The SMILES string of the molecule is CCc1ccc(N2CCCN3C4C(=O)N(Cc5ccc(Cl)c(Cl)c5)C(=O)N(C)C4NC23)cc1.